The zero-order chi connectivity index (χ0) is 20.1. The van der Waals surface area contributed by atoms with Crippen LogP contribution in [0, 0.1) is 0 Å². The van der Waals surface area contributed by atoms with Crippen LogP contribution in [-0.4, -0.2) is 19.1 Å². The van der Waals surface area contributed by atoms with Crippen molar-refractivity contribution < 1.29 is 18.7 Å². The molecule has 0 saturated heterocycles. The summed E-state index contributed by atoms with van der Waals surface area (Å²) in [6.45, 7) is 5.81. The van der Waals surface area contributed by atoms with Crippen LogP contribution in [0.4, 0.5) is 0 Å². The molecule has 1 unspecified atom stereocenters. The third-order valence-electron chi connectivity index (χ3n) is 4.21. The number of nitrogens with one attached hydrogen (secondary N) is 1. The van der Waals surface area contributed by atoms with Gasteiger partial charge in [-0.2, -0.15) is 0 Å². The van der Waals surface area contributed by atoms with Gasteiger partial charge in [0.1, 0.15) is 11.3 Å². The third-order valence-corrected chi connectivity index (χ3v) is 4.21. The van der Waals surface area contributed by atoms with Gasteiger partial charge in [-0.25, -0.2) is 0 Å². The molecule has 1 aromatic heterocycles. The van der Waals surface area contributed by atoms with Crippen LogP contribution in [0.25, 0.3) is 17.0 Å². The largest absolute Gasteiger partial charge is 0.493 e. The number of hydrogen-bond acceptors (Lipinski definition) is 4. The average Bonchev–Trinajstić information content (AvgIpc) is 3.11. The second-order valence-corrected chi connectivity index (χ2v) is 6.83. The topological polar surface area (TPSA) is 60.7 Å². The highest BCUT2D eigenvalue weighted by atomic mass is 16.5. The van der Waals surface area contributed by atoms with Crippen molar-refractivity contribution >= 4 is 23.0 Å². The number of carbonyl (C=O) groups excluding carboxylic acids is 1. The van der Waals surface area contributed by atoms with Crippen molar-refractivity contribution in [2.75, 3.05) is 7.11 Å². The van der Waals surface area contributed by atoms with Gasteiger partial charge in [0, 0.05) is 11.5 Å². The molecule has 1 atom stereocenters. The minimum Gasteiger partial charge on any atom is -0.493 e. The predicted molar refractivity (Wildman–Crippen MR) is 111 cm³/mol. The molecular weight excluding hydrogens is 354 g/mol. The van der Waals surface area contributed by atoms with E-state index in [1.807, 2.05) is 69.3 Å². The highest BCUT2D eigenvalue weighted by Gasteiger charge is 2.13. The SMILES string of the molecule is COc1cc(/C=C/C(=O)NC(C)c2cc3ccccc3o2)ccc1OC(C)C. The molecule has 5 nitrogen and oxygen atoms in total. The van der Waals surface area contributed by atoms with E-state index in [1.165, 1.54) is 6.08 Å². The first kappa shape index (κ1) is 19.5. The van der Waals surface area contributed by atoms with Crippen molar-refractivity contribution in [1.82, 2.24) is 5.32 Å². The maximum Gasteiger partial charge on any atom is 0.244 e. The number of methoxy groups -OCH3 is 1. The van der Waals surface area contributed by atoms with Gasteiger partial charge >= 0.3 is 0 Å². The molecule has 146 valence electrons. The highest BCUT2D eigenvalue weighted by Crippen LogP contribution is 2.29. The highest BCUT2D eigenvalue weighted by molar-refractivity contribution is 5.92. The van der Waals surface area contributed by atoms with Crippen molar-refractivity contribution in [3.8, 4) is 11.5 Å². The van der Waals surface area contributed by atoms with Crippen LogP contribution < -0.4 is 14.8 Å². The first-order chi connectivity index (χ1) is 13.5. The van der Waals surface area contributed by atoms with E-state index < -0.39 is 0 Å². The molecule has 0 saturated carbocycles. The summed E-state index contributed by atoms with van der Waals surface area (Å²) in [6.07, 6.45) is 3.29. The quantitative estimate of drug-likeness (QED) is 0.579. The Morgan fingerprint density at radius 3 is 2.57 bits per heavy atom. The maximum absolute atomic E-state index is 12.3. The van der Waals surface area contributed by atoms with Gasteiger partial charge in [-0.05, 0) is 56.7 Å². The van der Waals surface area contributed by atoms with Crippen molar-refractivity contribution in [1.29, 1.82) is 0 Å². The van der Waals surface area contributed by atoms with E-state index >= 15 is 0 Å². The zero-order valence-corrected chi connectivity index (χ0v) is 16.6. The van der Waals surface area contributed by atoms with Crippen molar-refractivity contribution in [2.45, 2.75) is 32.9 Å². The Kier molecular flexibility index (Phi) is 6.04. The van der Waals surface area contributed by atoms with Crippen LogP contribution in [0.1, 0.15) is 38.1 Å². The Balaban J connectivity index is 1.65. The van der Waals surface area contributed by atoms with Gasteiger partial charge in [-0.3, -0.25) is 4.79 Å². The summed E-state index contributed by atoms with van der Waals surface area (Å²) < 4.78 is 16.9. The van der Waals surface area contributed by atoms with Gasteiger partial charge < -0.3 is 19.2 Å². The molecule has 28 heavy (non-hydrogen) atoms. The van der Waals surface area contributed by atoms with Crippen molar-refractivity contribution in [3.05, 3.63) is 65.9 Å². The number of hydrogen-bond donors (Lipinski definition) is 1. The molecule has 0 aliphatic carbocycles. The Morgan fingerprint density at radius 2 is 1.86 bits per heavy atom. The van der Waals surface area contributed by atoms with Crippen molar-refractivity contribution in [2.24, 2.45) is 0 Å². The van der Waals surface area contributed by atoms with E-state index in [-0.39, 0.29) is 18.1 Å². The van der Waals surface area contributed by atoms with Crippen molar-refractivity contribution in [3.63, 3.8) is 0 Å². The van der Waals surface area contributed by atoms with Gasteiger partial charge in [0.2, 0.25) is 5.91 Å². The minimum absolute atomic E-state index is 0.0563. The molecule has 0 aliphatic rings. The summed E-state index contributed by atoms with van der Waals surface area (Å²) in [5.74, 6) is 1.83. The summed E-state index contributed by atoms with van der Waals surface area (Å²) in [5, 5.41) is 3.94. The van der Waals surface area contributed by atoms with E-state index in [4.69, 9.17) is 13.9 Å². The van der Waals surface area contributed by atoms with Crippen LogP contribution >= 0.6 is 0 Å². The first-order valence-electron chi connectivity index (χ1n) is 9.28. The molecular formula is C23H25NO4. The molecule has 1 amide bonds. The number of furan rings is 1. The fourth-order valence-corrected chi connectivity index (χ4v) is 2.86. The van der Waals surface area contributed by atoms with E-state index in [2.05, 4.69) is 5.32 Å². The number of rotatable bonds is 7. The van der Waals surface area contributed by atoms with Crippen LogP contribution in [-0.2, 0) is 4.79 Å². The minimum atomic E-state index is -0.235. The third kappa shape index (κ3) is 4.74. The van der Waals surface area contributed by atoms with E-state index in [0.29, 0.717) is 11.5 Å². The lowest BCUT2D eigenvalue weighted by Gasteiger charge is -2.13. The second-order valence-electron chi connectivity index (χ2n) is 6.83. The number of ether oxygens (including phenoxy) is 2. The van der Waals surface area contributed by atoms with Crippen LogP contribution in [0.15, 0.2) is 59.0 Å². The Labute approximate surface area is 164 Å². The molecule has 0 fully saturated rings. The molecule has 0 spiro atoms. The van der Waals surface area contributed by atoms with E-state index in [0.717, 1.165) is 22.3 Å². The number of carbonyl (C=O) groups is 1. The molecule has 2 aromatic carbocycles. The monoisotopic (exact) mass is 379 g/mol. The average molecular weight is 379 g/mol. The summed E-state index contributed by atoms with van der Waals surface area (Å²) in [4.78, 5) is 12.3. The van der Waals surface area contributed by atoms with Gasteiger partial charge in [-0.15, -0.1) is 0 Å². The number of amides is 1. The standard InChI is InChI=1S/C23H25NO4/c1-15(2)27-20-11-9-17(13-22(20)26-4)10-12-23(25)24-16(3)21-14-18-7-5-6-8-19(18)28-21/h5-16H,1-4H3,(H,24,25)/b12-10+. The van der Waals surface area contributed by atoms with Crippen LogP contribution in [0.2, 0.25) is 0 Å². The van der Waals surface area contributed by atoms with Crippen LogP contribution in [0.3, 0.4) is 0 Å². The molecule has 3 rings (SSSR count). The number of para-hydroxylation sites is 1. The predicted octanol–water partition coefficient (Wildman–Crippen LogP) is 5.12. The summed E-state index contributed by atoms with van der Waals surface area (Å²) >= 11 is 0. The normalized spacial score (nSPS) is 12.5. The first-order valence-corrected chi connectivity index (χ1v) is 9.28. The summed E-state index contributed by atoms with van der Waals surface area (Å²) in [6, 6.07) is 15.0. The molecule has 1 heterocycles. The molecule has 0 aliphatic heterocycles. The smallest absolute Gasteiger partial charge is 0.244 e. The summed E-state index contributed by atoms with van der Waals surface area (Å²) in [7, 11) is 1.59. The fraction of sp³-hybridized carbons (Fsp3) is 0.261. The van der Waals surface area contributed by atoms with Crippen LogP contribution in [0.5, 0.6) is 11.5 Å². The zero-order valence-electron chi connectivity index (χ0n) is 16.6. The Bertz CT molecular complexity index is 954. The molecule has 5 heteroatoms. The molecule has 3 aromatic rings. The lowest BCUT2D eigenvalue weighted by Crippen LogP contribution is -2.24. The van der Waals surface area contributed by atoms with Gasteiger partial charge in [0.05, 0.1) is 19.3 Å². The van der Waals surface area contributed by atoms with Gasteiger partial charge in [-0.1, -0.05) is 24.3 Å². The fourth-order valence-electron chi connectivity index (χ4n) is 2.86. The van der Waals surface area contributed by atoms with E-state index in [1.54, 1.807) is 13.2 Å². The van der Waals surface area contributed by atoms with Gasteiger partial charge in [0.25, 0.3) is 0 Å². The number of benzene rings is 2. The summed E-state index contributed by atoms with van der Waals surface area (Å²) in [5.41, 5.74) is 1.66. The van der Waals surface area contributed by atoms with Gasteiger partial charge in [0.15, 0.2) is 11.5 Å². The molecule has 0 bridgehead atoms. The van der Waals surface area contributed by atoms with E-state index in [9.17, 15) is 4.79 Å². The lowest BCUT2D eigenvalue weighted by atomic mass is 10.1. The molecule has 0 radical (unpaired) electrons. The lowest BCUT2D eigenvalue weighted by molar-refractivity contribution is -0.117. The Hall–Kier alpha value is -3.21. The Morgan fingerprint density at radius 1 is 1.07 bits per heavy atom. The second kappa shape index (κ2) is 8.65. The maximum atomic E-state index is 12.3. The molecule has 1 N–H and O–H groups in total. The number of fused-ring (bicyclic) bond motifs is 1.